The normalized spacial score (nSPS) is 19.2. The zero-order valence-corrected chi connectivity index (χ0v) is 15.1. The molecule has 2 unspecified atom stereocenters. The topological polar surface area (TPSA) is 55.3 Å². The highest BCUT2D eigenvalue weighted by Gasteiger charge is 2.24. The lowest BCUT2D eigenvalue weighted by Crippen LogP contribution is -2.43. The summed E-state index contributed by atoms with van der Waals surface area (Å²) in [6.45, 7) is 5.56. The lowest BCUT2D eigenvalue weighted by Gasteiger charge is -2.23. The Hall–Kier alpha value is -1.95. The van der Waals surface area contributed by atoms with Gasteiger partial charge in [0.1, 0.15) is 17.6 Å². The Morgan fingerprint density at radius 3 is 2.62 bits per heavy atom. The summed E-state index contributed by atoms with van der Waals surface area (Å²) in [6, 6.07) is 7.63. The number of nitrogens with zero attached hydrogens (tertiary/aromatic N) is 2. The molecule has 0 amide bonds. The van der Waals surface area contributed by atoms with Gasteiger partial charge in [-0.25, -0.2) is 0 Å². The third kappa shape index (κ3) is 5.30. The van der Waals surface area contributed by atoms with Crippen LogP contribution in [-0.2, 0) is 4.74 Å². The first kappa shape index (κ1) is 18.4. The Morgan fingerprint density at radius 1 is 1.29 bits per heavy atom. The molecule has 1 heterocycles. The van der Waals surface area contributed by atoms with Gasteiger partial charge in [-0.05, 0) is 37.6 Å². The Bertz CT molecular complexity index is 519. The van der Waals surface area contributed by atoms with Crippen molar-refractivity contribution >= 4 is 5.96 Å². The molecule has 0 radical (unpaired) electrons. The molecule has 0 aromatic heterocycles. The molecule has 1 aliphatic rings. The summed E-state index contributed by atoms with van der Waals surface area (Å²) in [5.41, 5.74) is 0. The van der Waals surface area contributed by atoms with Gasteiger partial charge in [0.25, 0.3) is 0 Å². The predicted molar refractivity (Wildman–Crippen MR) is 96.0 cm³/mol. The maximum absolute atomic E-state index is 5.92. The molecule has 6 nitrogen and oxygen atoms in total. The quantitative estimate of drug-likeness (QED) is 0.610. The van der Waals surface area contributed by atoms with Gasteiger partial charge in [0.2, 0.25) is 0 Å². The SMILES string of the molecule is CN=C(NCC(C)Oc1ccc(OC)cc1)N1CCC(COC)C1. The molecule has 0 spiro atoms. The van der Waals surface area contributed by atoms with Crippen LogP contribution in [0.2, 0.25) is 0 Å². The first-order chi connectivity index (χ1) is 11.7. The van der Waals surface area contributed by atoms with E-state index in [2.05, 4.69) is 15.2 Å². The Kier molecular flexibility index (Phi) is 7.18. The number of nitrogens with one attached hydrogen (secondary N) is 1. The van der Waals surface area contributed by atoms with Crippen molar-refractivity contribution < 1.29 is 14.2 Å². The molecule has 0 aliphatic carbocycles. The van der Waals surface area contributed by atoms with Gasteiger partial charge < -0.3 is 24.4 Å². The van der Waals surface area contributed by atoms with Gasteiger partial charge in [0.05, 0.1) is 20.3 Å². The monoisotopic (exact) mass is 335 g/mol. The van der Waals surface area contributed by atoms with Crippen LogP contribution in [0.5, 0.6) is 11.5 Å². The minimum absolute atomic E-state index is 0.0347. The highest BCUT2D eigenvalue weighted by molar-refractivity contribution is 5.80. The summed E-state index contributed by atoms with van der Waals surface area (Å²) >= 11 is 0. The Labute approximate surface area is 144 Å². The number of likely N-dealkylation sites (tertiary alicyclic amines) is 1. The van der Waals surface area contributed by atoms with Crippen LogP contribution in [0.25, 0.3) is 0 Å². The molecule has 0 bridgehead atoms. The largest absolute Gasteiger partial charge is 0.497 e. The Morgan fingerprint density at radius 2 is 2.00 bits per heavy atom. The molecular formula is C18H29N3O3. The summed E-state index contributed by atoms with van der Waals surface area (Å²) in [5, 5.41) is 3.40. The second-order valence-electron chi connectivity index (χ2n) is 6.09. The van der Waals surface area contributed by atoms with Crippen molar-refractivity contribution in [3.05, 3.63) is 24.3 Å². The number of methoxy groups -OCH3 is 2. The molecule has 1 N–H and O–H groups in total. The molecule has 2 atom stereocenters. The molecule has 1 aromatic carbocycles. The van der Waals surface area contributed by atoms with E-state index in [1.165, 1.54) is 0 Å². The maximum atomic E-state index is 5.92. The summed E-state index contributed by atoms with van der Waals surface area (Å²) in [7, 11) is 5.23. The number of benzene rings is 1. The van der Waals surface area contributed by atoms with E-state index in [0.29, 0.717) is 12.5 Å². The zero-order chi connectivity index (χ0) is 17.4. The van der Waals surface area contributed by atoms with E-state index in [4.69, 9.17) is 14.2 Å². The van der Waals surface area contributed by atoms with Crippen molar-refractivity contribution in [2.24, 2.45) is 10.9 Å². The molecule has 134 valence electrons. The number of aliphatic imine (C=N–C) groups is 1. The third-order valence-electron chi connectivity index (χ3n) is 4.14. The average Bonchev–Trinajstić information content (AvgIpc) is 3.05. The molecule has 24 heavy (non-hydrogen) atoms. The van der Waals surface area contributed by atoms with Gasteiger partial charge >= 0.3 is 0 Å². The molecule has 1 aromatic rings. The highest BCUT2D eigenvalue weighted by Crippen LogP contribution is 2.18. The van der Waals surface area contributed by atoms with E-state index in [0.717, 1.165) is 43.6 Å². The molecule has 2 rings (SSSR count). The standard InChI is InChI=1S/C18H29N3O3/c1-14(24-17-7-5-16(23-4)6-8-17)11-20-18(19-2)21-10-9-15(12-21)13-22-3/h5-8,14-15H,9-13H2,1-4H3,(H,19,20). The van der Waals surface area contributed by atoms with Crippen LogP contribution in [0, 0.1) is 5.92 Å². The van der Waals surface area contributed by atoms with E-state index >= 15 is 0 Å². The van der Waals surface area contributed by atoms with Gasteiger partial charge in [-0.15, -0.1) is 0 Å². The zero-order valence-electron chi connectivity index (χ0n) is 15.1. The van der Waals surface area contributed by atoms with Crippen molar-refractivity contribution in [2.45, 2.75) is 19.4 Å². The van der Waals surface area contributed by atoms with Crippen LogP contribution >= 0.6 is 0 Å². The fraction of sp³-hybridized carbons (Fsp3) is 0.611. The van der Waals surface area contributed by atoms with Crippen LogP contribution in [0.3, 0.4) is 0 Å². The summed E-state index contributed by atoms with van der Waals surface area (Å²) in [6.07, 6.45) is 1.18. The average molecular weight is 335 g/mol. The lowest BCUT2D eigenvalue weighted by atomic mass is 10.1. The molecule has 1 saturated heterocycles. The van der Waals surface area contributed by atoms with Crippen molar-refractivity contribution in [1.29, 1.82) is 0 Å². The number of guanidine groups is 1. The first-order valence-electron chi connectivity index (χ1n) is 8.41. The minimum atomic E-state index is 0.0347. The molecular weight excluding hydrogens is 306 g/mol. The second-order valence-corrected chi connectivity index (χ2v) is 6.09. The maximum Gasteiger partial charge on any atom is 0.193 e. The van der Waals surface area contributed by atoms with E-state index in [1.807, 2.05) is 38.2 Å². The lowest BCUT2D eigenvalue weighted by molar-refractivity contribution is 0.157. The second kappa shape index (κ2) is 9.37. The smallest absolute Gasteiger partial charge is 0.193 e. The Balaban J connectivity index is 1.78. The number of rotatable bonds is 7. The van der Waals surface area contributed by atoms with E-state index < -0.39 is 0 Å². The van der Waals surface area contributed by atoms with Crippen molar-refractivity contribution in [1.82, 2.24) is 10.2 Å². The highest BCUT2D eigenvalue weighted by atomic mass is 16.5. The fourth-order valence-corrected chi connectivity index (χ4v) is 2.89. The van der Waals surface area contributed by atoms with Crippen LogP contribution < -0.4 is 14.8 Å². The van der Waals surface area contributed by atoms with E-state index in [1.54, 1.807) is 14.2 Å². The first-order valence-corrected chi connectivity index (χ1v) is 8.41. The van der Waals surface area contributed by atoms with Crippen LogP contribution in [0.1, 0.15) is 13.3 Å². The van der Waals surface area contributed by atoms with Crippen molar-refractivity contribution in [2.75, 3.05) is 47.5 Å². The van der Waals surface area contributed by atoms with Crippen LogP contribution in [-0.4, -0.2) is 64.5 Å². The molecule has 6 heteroatoms. The van der Waals surface area contributed by atoms with Crippen LogP contribution in [0.15, 0.2) is 29.3 Å². The number of hydrogen-bond acceptors (Lipinski definition) is 4. The van der Waals surface area contributed by atoms with Gasteiger partial charge in [-0.2, -0.15) is 0 Å². The van der Waals surface area contributed by atoms with Crippen molar-refractivity contribution in [3.63, 3.8) is 0 Å². The number of hydrogen-bond donors (Lipinski definition) is 1. The third-order valence-corrected chi connectivity index (χ3v) is 4.14. The predicted octanol–water partition coefficient (Wildman–Crippen LogP) is 2.01. The van der Waals surface area contributed by atoms with Gasteiger partial charge in [0.15, 0.2) is 5.96 Å². The van der Waals surface area contributed by atoms with Crippen LogP contribution in [0.4, 0.5) is 0 Å². The van der Waals surface area contributed by atoms with Gasteiger partial charge in [-0.3, -0.25) is 4.99 Å². The van der Waals surface area contributed by atoms with Gasteiger partial charge in [-0.1, -0.05) is 0 Å². The molecule has 1 aliphatic heterocycles. The summed E-state index contributed by atoms with van der Waals surface area (Å²) < 4.78 is 16.3. The van der Waals surface area contributed by atoms with E-state index in [9.17, 15) is 0 Å². The van der Waals surface area contributed by atoms with Crippen molar-refractivity contribution in [3.8, 4) is 11.5 Å². The van der Waals surface area contributed by atoms with Gasteiger partial charge in [0, 0.05) is 33.2 Å². The molecule has 0 saturated carbocycles. The molecule has 1 fully saturated rings. The summed E-state index contributed by atoms with van der Waals surface area (Å²) in [4.78, 5) is 6.67. The number of ether oxygens (including phenoxy) is 3. The minimum Gasteiger partial charge on any atom is -0.497 e. The fourth-order valence-electron chi connectivity index (χ4n) is 2.89. The van der Waals surface area contributed by atoms with E-state index in [-0.39, 0.29) is 6.10 Å². The summed E-state index contributed by atoms with van der Waals surface area (Å²) in [5.74, 6) is 3.18.